The van der Waals surface area contributed by atoms with E-state index >= 15 is 0 Å². The molecule has 0 aliphatic rings. The van der Waals surface area contributed by atoms with E-state index in [1.807, 2.05) is 18.7 Å². The van der Waals surface area contributed by atoms with Gasteiger partial charge in [0.25, 0.3) is 0 Å². The Balaban J connectivity index is 2.94. The Hall–Kier alpha value is -2.11. The molecule has 0 saturated carbocycles. The molecule has 0 aromatic carbocycles. The molecule has 3 N–H and O–H groups in total. The van der Waals surface area contributed by atoms with Crippen molar-refractivity contribution in [2.24, 2.45) is 5.73 Å². The molecular weight excluding hydrogens is 234 g/mol. The third-order valence-electron chi connectivity index (χ3n) is 2.51. The molecule has 0 saturated heterocycles. The van der Waals surface area contributed by atoms with Crippen LogP contribution in [-0.2, 0) is 4.79 Å². The highest BCUT2D eigenvalue weighted by Crippen LogP contribution is 2.15. The summed E-state index contributed by atoms with van der Waals surface area (Å²) in [5.74, 6) is -0.838. The summed E-state index contributed by atoms with van der Waals surface area (Å²) in [4.78, 5) is 27.7. The van der Waals surface area contributed by atoms with Crippen molar-refractivity contribution in [1.29, 1.82) is 0 Å². The van der Waals surface area contributed by atoms with Crippen molar-refractivity contribution in [3.8, 4) is 0 Å². The highest BCUT2D eigenvalue weighted by atomic mass is 16.4. The molecule has 1 aromatic heterocycles. The first kappa shape index (κ1) is 14.0. The number of carboxylic acids is 1. The number of pyridine rings is 1. The van der Waals surface area contributed by atoms with E-state index in [9.17, 15) is 9.59 Å². The number of nitrogens with two attached hydrogens (primary N) is 1. The molecular formula is C12H17N3O3. The van der Waals surface area contributed by atoms with Gasteiger partial charge in [-0.1, -0.05) is 0 Å². The topological polar surface area (TPSA) is 96.5 Å². The number of anilines is 1. The van der Waals surface area contributed by atoms with E-state index in [1.54, 1.807) is 6.07 Å². The second-order valence-electron chi connectivity index (χ2n) is 4.20. The SMILES string of the molecule is CC(C)N(CCC(=O)O)c1cc(C(N)=O)ccn1. The lowest BCUT2D eigenvalue weighted by Crippen LogP contribution is -2.33. The van der Waals surface area contributed by atoms with Gasteiger partial charge in [0.2, 0.25) is 5.91 Å². The number of amides is 1. The third kappa shape index (κ3) is 3.73. The molecule has 1 rings (SSSR count). The first-order valence-electron chi connectivity index (χ1n) is 5.66. The van der Waals surface area contributed by atoms with Crippen LogP contribution in [0.5, 0.6) is 0 Å². The molecule has 1 heterocycles. The second kappa shape index (κ2) is 6.00. The molecule has 0 aliphatic heterocycles. The van der Waals surface area contributed by atoms with Gasteiger partial charge in [-0.05, 0) is 26.0 Å². The van der Waals surface area contributed by atoms with Gasteiger partial charge in [0.05, 0.1) is 6.42 Å². The first-order chi connectivity index (χ1) is 8.41. The minimum absolute atomic E-state index is 0.0145. The van der Waals surface area contributed by atoms with Crippen LogP contribution < -0.4 is 10.6 Å². The third-order valence-corrected chi connectivity index (χ3v) is 2.51. The number of carbonyl (C=O) groups excluding carboxylic acids is 1. The Labute approximate surface area is 105 Å². The van der Waals surface area contributed by atoms with Crippen LogP contribution in [-0.4, -0.2) is 34.6 Å². The van der Waals surface area contributed by atoms with Crippen LogP contribution in [0, 0.1) is 0 Å². The van der Waals surface area contributed by atoms with Gasteiger partial charge in [0.1, 0.15) is 5.82 Å². The van der Waals surface area contributed by atoms with Crippen LogP contribution in [0.2, 0.25) is 0 Å². The summed E-state index contributed by atoms with van der Waals surface area (Å²) in [6.45, 7) is 4.20. The van der Waals surface area contributed by atoms with Crippen LogP contribution in [0.25, 0.3) is 0 Å². The van der Waals surface area contributed by atoms with Gasteiger partial charge in [-0.15, -0.1) is 0 Å². The molecule has 0 spiro atoms. The summed E-state index contributed by atoms with van der Waals surface area (Å²) in [5.41, 5.74) is 5.56. The summed E-state index contributed by atoms with van der Waals surface area (Å²) in [7, 11) is 0. The number of primary amides is 1. The Kier molecular flexibility index (Phi) is 4.65. The number of aliphatic carboxylic acids is 1. The van der Waals surface area contributed by atoms with Gasteiger partial charge in [0, 0.05) is 24.3 Å². The Morgan fingerprint density at radius 1 is 1.50 bits per heavy atom. The van der Waals surface area contributed by atoms with E-state index in [0.29, 0.717) is 17.9 Å². The van der Waals surface area contributed by atoms with Crippen LogP contribution in [0.3, 0.4) is 0 Å². The van der Waals surface area contributed by atoms with Crippen molar-refractivity contribution in [2.45, 2.75) is 26.3 Å². The van der Waals surface area contributed by atoms with Crippen molar-refractivity contribution >= 4 is 17.7 Å². The lowest BCUT2D eigenvalue weighted by Gasteiger charge is -2.27. The summed E-state index contributed by atoms with van der Waals surface area (Å²) in [5, 5.41) is 8.71. The molecule has 0 aliphatic carbocycles. The molecule has 0 atom stereocenters. The summed E-state index contributed by atoms with van der Waals surface area (Å²) in [6.07, 6.45) is 1.51. The molecule has 18 heavy (non-hydrogen) atoms. The van der Waals surface area contributed by atoms with Crippen molar-refractivity contribution in [3.05, 3.63) is 23.9 Å². The van der Waals surface area contributed by atoms with Crippen LogP contribution in [0.4, 0.5) is 5.82 Å². The fraction of sp³-hybridized carbons (Fsp3) is 0.417. The number of aromatic nitrogens is 1. The number of carbonyl (C=O) groups is 2. The highest BCUT2D eigenvalue weighted by molar-refractivity contribution is 5.93. The van der Waals surface area contributed by atoms with E-state index in [4.69, 9.17) is 10.8 Å². The molecule has 6 heteroatoms. The Morgan fingerprint density at radius 3 is 2.67 bits per heavy atom. The van der Waals surface area contributed by atoms with Gasteiger partial charge >= 0.3 is 5.97 Å². The second-order valence-corrected chi connectivity index (χ2v) is 4.20. The maximum Gasteiger partial charge on any atom is 0.305 e. The fourth-order valence-corrected chi connectivity index (χ4v) is 1.58. The Morgan fingerprint density at radius 2 is 2.17 bits per heavy atom. The van der Waals surface area contributed by atoms with Gasteiger partial charge < -0.3 is 15.7 Å². The van der Waals surface area contributed by atoms with Gasteiger partial charge in [0.15, 0.2) is 0 Å². The van der Waals surface area contributed by atoms with Crippen LogP contribution in [0.15, 0.2) is 18.3 Å². The first-order valence-corrected chi connectivity index (χ1v) is 5.66. The average Bonchev–Trinajstić information content (AvgIpc) is 2.28. The average molecular weight is 251 g/mol. The number of hydrogen-bond acceptors (Lipinski definition) is 4. The standard InChI is InChI=1S/C12H17N3O3/c1-8(2)15(6-4-11(16)17)10-7-9(12(13)18)3-5-14-10/h3,5,7-8H,4,6H2,1-2H3,(H2,13,18)(H,16,17). The summed E-state index contributed by atoms with van der Waals surface area (Å²) in [6, 6.07) is 3.19. The molecule has 1 amide bonds. The zero-order valence-electron chi connectivity index (χ0n) is 10.5. The Bertz CT molecular complexity index is 446. The van der Waals surface area contributed by atoms with Gasteiger partial charge in [-0.25, -0.2) is 4.98 Å². The van der Waals surface area contributed by atoms with E-state index in [1.165, 1.54) is 12.3 Å². The monoisotopic (exact) mass is 251 g/mol. The summed E-state index contributed by atoms with van der Waals surface area (Å²) < 4.78 is 0. The predicted octanol–water partition coefficient (Wildman–Crippen LogP) is 0.870. The maximum atomic E-state index is 11.1. The van der Waals surface area contributed by atoms with Gasteiger partial charge in [-0.3, -0.25) is 9.59 Å². The molecule has 6 nitrogen and oxygen atoms in total. The quantitative estimate of drug-likeness (QED) is 0.782. The molecule has 0 unspecified atom stereocenters. The molecule has 0 radical (unpaired) electrons. The molecule has 1 aromatic rings. The fourth-order valence-electron chi connectivity index (χ4n) is 1.58. The van der Waals surface area contributed by atoms with Crippen molar-refractivity contribution in [2.75, 3.05) is 11.4 Å². The van der Waals surface area contributed by atoms with E-state index in [0.717, 1.165) is 0 Å². The molecule has 0 fully saturated rings. The van der Waals surface area contributed by atoms with Gasteiger partial charge in [-0.2, -0.15) is 0 Å². The number of carboxylic acid groups (broad SMARTS) is 1. The van der Waals surface area contributed by atoms with Crippen molar-refractivity contribution in [1.82, 2.24) is 4.98 Å². The number of hydrogen-bond donors (Lipinski definition) is 2. The lowest BCUT2D eigenvalue weighted by molar-refractivity contribution is -0.136. The normalized spacial score (nSPS) is 10.4. The van der Waals surface area contributed by atoms with Crippen LogP contribution in [0.1, 0.15) is 30.6 Å². The van der Waals surface area contributed by atoms with E-state index in [2.05, 4.69) is 4.98 Å². The lowest BCUT2D eigenvalue weighted by atomic mass is 10.2. The smallest absolute Gasteiger partial charge is 0.305 e. The molecule has 98 valence electrons. The minimum Gasteiger partial charge on any atom is -0.481 e. The minimum atomic E-state index is -0.869. The van der Waals surface area contributed by atoms with Crippen molar-refractivity contribution < 1.29 is 14.7 Å². The largest absolute Gasteiger partial charge is 0.481 e. The molecule has 0 bridgehead atoms. The van der Waals surface area contributed by atoms with Crippen LogP contribution >= 0.6 is 0 Å². The predicted molar refractivity (Wildman–Crippen MR) is 67.5 cm³/mol. The summed E-state index contributed by atoms with van der Waals surface area (Å²) >= 11 is 0. The zero-order valence-corrected chi connectivity index (χ0v) is 10.5. The van der Waals surface area contributed by atoms with E-state index in [-0.39, 0.29) is 12.5 Å². The highest BCUT2D eigenvalue weighted by Gasteiger charge is 2.14. The number of rotatable bonds is 6. The van der Waals surface area contributed by atoms with E-state index < -0.39 is 11.9 Å². The zero-order chi connectivity index (χ0) is 13.7. The maximum absolute atomic E-state index is 11.1. The van der Waals surface area contributed by atoms with Crippen molar-refractivity contribution in [3.63, 3.8) is 0 Å². The number of nitrogens with zero attached hydrogens (tertiary/aromatic N) is 2.